The van der Waals surface area contributed by atoms with Gasteiger partial charge in [-0.3, -0.25) is 4.79 Å². The van der Waals surface area contributed by atoms with E-state index >= 15 is 0 Å². The van der Waals surface area contributed by atoms with Crippen LogP contribution in [-0.4, -0.2) is 5.91 Å². The molecule has 1 heterocycles. The van der Waals surface area contributed by atoms with Gasteiger partial charge in [-0.25, -0.2) is 0 Å². The lowest BCUT2D eigenvalue weighted by atomic mass is 10.1. The normalized spacial score (nSPS) is 10.5. The van der Waals surface area contributed by atoms with Crippen LogP contribution in [0.4, 0.5) is 0 Å². The summed E-state index contributed by atoms with van der Waals surface area (Å²) in [5, 5.41) is 2.79. The van der Waals surface area contributed by atoms with Crippen LogP contribution >= 0.6 is 11.3 Å². The molecule has 0 bridgehead atoms. The largest absolute Gasteiger partial charge is 0.366 e. The number of primary amides is 1. The molecule has 1 aromatic heterocycles. The summed E-state index contributed by atoms with van der Waals surface area (Å²) in [5.41, 5.74) is 7.06. The van der Waals surface area contributed by atoms with Crippen molar-refractivity contribution >= 4 is 27.3 Å². The monoisotopic (exact) mass is 191 g/mol. The summed E-state index contributed by atoms with van der Waals surface area (Å²) in [5.74, 6) is -0.350. The number of carbonyl (C=O) groups is 1. The maximum Gasteiger partial charge on any atom is 0.250 e. The molecule has 0 aliphatic heterocycles. The van der Waals surface area contributed by atoms with Gasteiger partial charge in [-0.2, -0.15) is 0 Å². The van der Waals surface area contributed by atoms with E-state index in [9.17, 15) is 4.79 Å². The molecule has 13 heavy (non-hydrogen) atoms. The van der Waals surface area contributed by atoms with E-state index in [2.05, 4.69) is 0 Å². The molecule has 0 fully saturated rings. The van der Waals surface area contributed by atoms with Crippen molar-refractivity contribution in [3.63, 3.8) is 0 Å². The lowest BCUT2D eigenvalue weighted by Crippen LogP contribution is -2.09. The molecule has 0 unspecified atom stereocenters. The summed E-state index contributed by atoms with van der Waals surface area (Å²) in [7, 11) is 0. The summed E-state index contributed by atoms with van der Waals surface area (Å²) in [6, 6.07) is 5.90. The highest BCUT2D eigenvalue weighted by Crippen LogP contribution is 2.28. The fourth-order valence-corrected chi connectivity index (χ4v) is 2.43. The predicted molar refractivity (Wildman–Crippen MR) is 55.1 cm³/mol. The first-order chi connectivity index (χ1) is 6.20. The number of fused-ring (bicyclic) bond motifs is 1. The van der Waals surface area contributed by atoms with Gasteiger partial charge in [0.1, 0.15) is 0 Å². The van der Waals surface area contributed by atoms with E-state index in [-0.39, 0.29) is 5.91 Å². The number of aryl methyl sites for hydroxylation is 1. The molecule has 2 rings (SSSR count). The molecule has 0 aliphatic rings. The molecule has 0 aliphatic carbocycles. The number of amides is 1. The van der Waals surface area contributed by atoms with Crippen molar-refractivity contribution in [3.05, 3.63) is 34.7 Å². The predicted octanol–water partition coefficient (Wildman–Crippen LogP) is 2.31. The van der Waals surface area contributed by atoms with Crippen LogP contribution in [0.15, 0.2) is 23.6 Å². The van der Waals surface area contributed by atoms with Crippen molar-refractivity contribution in [2.75, 3.05) is 0 Å². The van der Waals surface area contributed by atoms with Crippen molar-refractivity contribution in [1.29, 1.82) is 0 Å². The molecule has 0 radical (unpaired) electrons. The summed E-state index contributed by atoms with van der Waals surface area (Å²) in [6.45, 7) is 2.03. The molecule has 2 aromatic rings. The van der Waals surface area contributed by atoms with Crippen LogP contribution in [0.25, 0.3) is 10.1 Å². The smallest absolute Gasteiger partial charge is 0.250 e. The summed E-state index contributed by atoms with van der Waals surface area (Å²) < 4.78 is 1.15. The molecule has 66 valence electrons. The fourth-order valence-electron chi connectivity index (χ4n) is 1.39. The number of nitrogens with two attached hydrogens (primary N) is 1. The average molecular weight is 191 g/mol. The molecule has 0 saturated heterocycles. The highest BCUT2D eigenvalue weighted by atomic mass is 32.1. The van der Waals surface area contributed by atoms with E-state index in [0.29, 0.717) is 5.56 Å². The minimum atomic E-state index is -0.350. The molecule has 0 atom stereocenters. The quantitative estimate of drug-likeness (QED) is 0.738. The first kappa shape index (κ1) is 8.26. The number of rotatable bonds is 1. The maximum absolute atomic E-state index is 11.0. The topological polar surface area (TPSA) is 43.1 Å². The van der Waals surface area contributed by atoms with Gasteiger partial charge in [0.05, 0.1) is 5.56 Å². The lowest BCUT2D eigenvalue weighted by Gasteiger charge is -1.95. The third-order valence-corrected chi connectivity index (χ3v) is 3.19. The van der Waals surface area contributed by atoms with Gasteiger partial charge in [-0.1, -0.05) is 18.2 Å². The van der Waals surface area contributed by atoms with Crippen molar-refractivity contribution in [2.24, 2.45) is 5.73 Å². The Bertz CT molecular complexity index is 473. The van der Waals surface area contributed by atoms with Crippen LogP contribution < -0.4 is 5.73 Å². The first-order valence-electron chi connectivity index (χ1n) is 3.97. The molecule has 3 heteroatoms. The maximum atomic E-state index is 11.0. The number of hydrogen-bond donors (Lipinski definition) is 1. The van der Waals surface area contributed by atoms with Crippen LogP contribution in [0.1, 0.15) is 15.9 Å². The van der Waals surface area contributed by atoms with Crippen molar-refractivity contribution < 1.29 is 4.79 Å². The van der Waals surface area contributed by atoms with Crippen LogP contribution in [0.2, 0.25) is 0 Å². The van der Waals surface area contributed by atoms with Gasteiger partial charge in [-0.05, 0) is 12.5 Å². The van der Waals surface area contributed by atoms with Gasteiger partial charge in [0.25, 0.3) is 0 Å². The number of carbonyl (C=O) groups excluding carboxylic acids is 1. The second-order valence-electron chi connectivity index (χ2n) is 2.97. The van der Waals surface area contributed by atoms with Crippen molar-refractivity contribution in [3.8, 4) is 0 Å². The fraction of sp³-hybridized carbons (Fsp3) is 0.100. The van der Waals surface area contributed by atoms with Gasteiger partial charge in [-0.15, -0.1) is 11.3 Å². The van der Waals surface area contributed by atoms with Gasteiger partial charge in [0.2, 0.25) is 5.91 Å². The Morgan fingerprint density at radius 3 is 2.92 bits per heavy atom. The zero-order valence-electron chi connectivity index (χ0n) is 7.20. The van der Waals surface area contributed by atoms with Crippen LogP contribution in [0.3, 0.4) is 0 Å². The summed E-state index contributed by atoms with van der Waals surface area (Å²) in [6.07, 6.45) is 0. The lowest BCUT2D eigenvalue weighted by molar-refractivity contribution is 0.100. The molecule has 0 saturated carbocycles. The van der Waals surface area contributed by atoms with E-state index in [1.807, 2.05) is 30.5 Å². The summed E-state index contributed by atoms with van der Waals surface area (Å²) >= 11 is 1.57. The van der Waals surface area contributed by atoms with E-state index in [4.69, 9.17) is 5.73 Å². The third-order valence-electron chi connectivity index (χ3n) is 2.06. The Hall–Kier alpha value is -1.35. The third kappa shape index (κ3) is 1.21. The van der Waals surface area contributed by atoms with E-state index in [0.717, 1.165) is 10.1 Å². The minimum absolute atomic E-state index is 0.350. The van der Waals surface area contributed by atoms with E-state index in [1.54, 1.807) is 11.3 Å². The molecular weight excluding hydrogens is 182 g/mol. The van der Waals surface area contributed by atoms with Gasteiger partial charge in [0, 0.05) is 15.5 Å². The molecule has 1 aromatic carbocycles. The van der Waals surface area contributed by atoms with Gasteiger partial charge >= 0.3 is 0 Å². The Kier molecular flexibility index (Phi) is 1.81. The van der Waals surface area contributed by atoms with Crippen LogP contribution in [-0.2, 0) is 0 Å². The zero-order valence-corrected chi connectivity index (χ0v) is 8.02. The minimum Gasteiger partial charge on any atom is -0.366 e. The molecule has 2 N–H and O–H groups in total. The highest BCUT2D eigenvalue weighted by Gasteiger charge is 2.09. The number of hydrogen-bond acceptors (Lipinski definition) is 2. The van der Waals surface area contributed by atoms with Gasteiger partial charge < -0.3 is 5.73 Å². The van der Waals surface area contributed by atoms with E-state index in [1.165, 1.54) is 5.56 Å². The Labute approximate surface area is 80.0 Å². The first-order valence-corrected chi connectivity index (χ1v) is 4.84. The van der Waals surface area contributed by atoms with E-state index < -0.39 is 0 Å². The molecular formula is C10H9NOS. The molecule has 0 spiro atoms. The Morgan fingerprint density at radius 2 is 2.23 bits per heavy atom. The second kappa shape index (κ2) is 2.85. The molecule has 1 amide bonds. The standard InChI is InChI=1S/C10H9NOS/c1-6-3-2-4-7-8(10(11)12)5-13-9(6)7/h2-5H,1H3,(H2,11,12). The second-order valence-corrected chi connectivity index (χ2v) is 3.84. The van der Waals surface area contributed by atoms with Crippen LogP contribution in [0, 0.1) is 6.92 Å². The zero-order chi connectivity index (χ0) is 9.42. The summed E-state index contributed by atoms with van der Waals surface area (Å²) in [4.78, 5) is 11.0. The van der Waals surface area contributed by atoms with Crippen molar-refractivity contribution in [2.45, 2.75) is 6.92 Å². The Balaban J connectivity index is 2.83. The molecule has 2 nitrogen and oxygen atoms in total. The number of benzene rings is 1. The number of thiophene rings is 1. The SMILES string of the molecule is Cc1cccc2c(C(N)=O)csc12. The van der Waals surface area contributed by atoms with Crippen LogP contribution in [0.5, 0.6) is 0 Å². The van der Waals surface area contributed by atoms with Gasteiger partial charge in [0.15, 0.2) is 0 Å². The highest BCUT2D eigenvalue weighted by molar-refractivity contribution is 7.17. The average Bonchev–Trinajstić information content (AvgIpc) is 2.48. The Morgan fingerprint density at radius 1 is 1.46 bits per heavy atom. The van der Waals surface area contributed by atoms with Crippen molar-refractivity contribution in [1.82, 2.24) is 0 Å².